The Balaban J connectivity index is 1.74. The van der Waals surface area contributed by atoms with Gasteiger partial charge in [-0.1, -0.05) is 0 Å². The van der Waals surface area contributed by atoms with Crippen molar-refractivity contribution in [3.05, 3.63) is 22.1 Å². The van der Waals surface area contributed by atoms with Crippen molar-refractivity contribution in [2.24, 2.45) is 11.3 Å². The summed E-state index contributed by atoms with van der Waals surface area (Å²) in [4.78, 5) is 21.8. The molecule has 20 heavy (non-hydrogen) atoms. The standard InChI is InChI=1S/C15H20N4O/c16-14-18-11-10(8-17-12(11)13(20)19-14)7-15-4-1-9(2-5-15)3-6-15/h8-9,17H,1-7H2,(H3,16,18,19,20). The SMILES string of the molecule is Nc1nc2c(CC34CCC(CC3)CC4)c[nH]c2c(=O)[nH]1. The maximum Gasteiger partial charge on any atom is 0.276 e. The molecule has 4 N–H and O–H groups in total. The van der Waals surface area contributed by atoms with Gasteiger partial charge in [0.15, 0.2) is 0 Å². The van der Waals surface area contributed by atoms with Crippen LogP contribution >= 0.6 is 0 Å². The number of rotatable bonds is 2. The van der Waals surface area contributed by atoms with Gasteiger partial charge in [-0.25, -0.2) is 4.98 Å². The lowest BCUT2D eigenvalue weighted by atomic mass is 9.59. The molecular weight excluding hydrogens is 252 g/mol. The average molecular weight is 272 g/mol. The van der Waals surface area contributed by atoms with Gasteiger partial charge in [-0.05, 0) is 61.8 Å². The van der Waals surface area contributed by atoms with E-state index in [1.165, 1.54) is 38.5 Å². The highest BCUT2D eigenvalue weighted by Gasteiger charge is 2.40. The van der Waals surface area contributed by atoms with Gasteiger partial charge >= 0.3 is 0 Å². The number of nitrogens with one attached hydrogen (secondary N) is 2. The lowest BCUT2D eigenvalue weighted by Crippen LogP contribution is -2.35. The zero-order chi connectivity index (χ0) is 13.7. The molecule has 106 valence electrons. The third-order valence-electron chi connectivity index (χ3n) is 5.45. The van der Waals surface area contributed by atoms with E-state index in [-0.39, 0.29) is 11.5 Å². The van der Waals surface area contributed by atoms with Crippen molar-refractivity contribution in [1.29, 1.82) is 0 Å². The summed E-state index contributed by atoms with van der Waals surface area (Å²) in [6.45, 7) is 0. The summed E-state index contributed by atoms with van der Waals surface area (Å²) in [5.74, 6) is 1.17. The number of aromatic nitrogens is 3. The Morgan fingerprint density at radius 2 is 2.00 bits per heavy atom. The maximum atomic E-state index is 11.9. The fraction of sp³-hybridized carbons (Fsp3) is 0.600. The number of anilines is 1. The van der Waals surface area contributed by atoms with Crippen LogP contribution in [0, 0.1) is 11.3 Å². The number of nitrogens with zero attached hydrogens (tertiary/aromatic N) is 1. The van der Waals surface area contributed by atoms with Crippen LogP contribution in [0.3, 0.4) is 0 Å². The summed E-state index contributed by atoms with van der Waals surface area (Å²) < 4.78 is 0. The minimum absolute atomic E-state index is 0.177. The van der Waals surface area contributed by atoms with Crippen LogP contribution in [0.15, 0.2) is 11.0 Å². The molecular formula is C15H20N4O. The summed E-state index contributed by atoms with van der Waals surface area (Å²) in [7, 11) is 0. The van der Waals surface area contributed by atoms with Crippen molar-refractivity contribution < 1.29 is 0 Å². The van der Waals surface area contributed by atoms with Gasteiger partial charge < -0.3 is 10.7 Å². The third kappa shape index (κ3) is 1.76. The Kier molecular flexibility index (Phi) is 2.46. The van der Waals surface area contributed by atoms with Crippen LogP contribution in [-0.2, 0) is 6.42 Å². The molecule has 3 aliphatic rings. The third-order valence-corrected chi connectivity index (χ3v) is 5.45. The number of hydrogen-bond donors (Lipinski definition) is 3. The van der Waals surface area contributed by atoms with Gasteiger partial charge in [0.2, 0.25) is 5.95 Å². The monoisotopic (exact) mass is 272 g/mol. The van der Waals surface area contributed by atoms with Gasteiger partial charge in [0.25, 0.3) is 5.56 Å². The number of nitrogen functional groups attached to an aromatic ring is 1. The lowest BCUT2D eigenvalue weighted by molar-refractivity contribution is 0.0656. The Morgan fingerprint density at radius 3 is 2.70 bits per heavy atom. The Morgan fingerprint density at radius 1 is 1.30 bits per heavy atom. The molecule has 3 fully saturated rings. The number of hydrogen-bond acceptors (Lipinski definition) is 3. The second-order valence-corrected chi connectivity index (χ2v) is 6.65. The molecule has 2 bridgehead atoms. The van der Waals surface area contributed by atoms with Crippen molar-refractivity contribution in [3.63, 3.8) is 0 Å². The van der Waals surface area contributed by atoms with Crippen molar-refractivity contribution in [2.75, 3.05) is 5.73 Å². The van der Waals surface area contributed by atoms with E-state index in [0.29, 0.717) is 10.9 Å². The molecule has 0 saturated heterocycles. The molecule has 0 unspecified atom stereocenters. The van der Waals surface area contributed by atoms with E-state index in [4.69, 9.17) is 5.73 Å². The van der Waals surface area contributed by atoms with Crippen molar-refractivity contribution in [2.45, 2.75) is 44.9 Å². The van der Waals surface area contributed by atoms with Crippen molar-refractivity contribution in [3.8, 4) is 0 Å². The predicted octanol–water partition coefficient (Wildman–Crippen LogP) is 2.35. The van der Waals surface area contributed by atoms with Crippen LogP contribution in [0.4, 0.5) is 5.95 Å². The van der Waals surface area contributed by atoms with Crippen LogP contribution in [0.1, 0.15) is 44.1 Å². The average Bonchev–Trinajstić information content (AvgIpc) is 2.84. The molecule has 0 spiro atoms. The fourth-order valence-corrected chi connectivity index (χ4v) is 4.23. The van der Waals surface area contributed by atoms with Crippen LogP contribution in [0.25, 0.3) is 11.0 Å². The largest absolute Gasteiger partial charge is 0.369 e. The number of nitrogens with two attached hydrogens (primary N) is 1. The van der Waals surface area contributed by atoms with E-state index in [1.807, 2.05) is 6.20 Å². The molecule has 5 nitrogen and oxygen atoms in total. The van der Waals surface area contributed by atoms with E-state index in [9.17, 15) is 4.79 Å². The van der Waals surface area contributed by atoms with E-state index < -0.39 is 0 Å². The van der Waals surface area contributed by atoms with E-state index >= 15 is 0 Å². The molecule has 3 saturated carbocycles. The zero-order valence-electron chi connectivity index (χ0n) is 11.5. The predicted molar refractivity (Wildman–Crippen MR) is 78.5 cm³/mol. The number of H-pyrrole nitrogens is 2. The molecule has 0 radical (unpaired) electrons. The molecule has 2 aromatic heterocycles. The first kappa shape index (κ1) is 12.0. The Labute approximate surface area is 117 Å². The minimum atomic E-state index is -0.177. The van der Waals surface area contributed by atoms with Crippen LogP contribution < -0.4 is 11.3 Å². The molecule has 2 heterocycles. The summed E-state index contributed by atoms with van der Waals surface area (Å²) >= 11 is 0. The summed E-state index contributed by atoms with van der Waals surface area (Å²) in [5.41, 5.74) is 8.39. The van der Waals surface area contributed by atoms with E-state index in [1.54, 1.807) is 0 Å². The van der Waals surface area contributed by atoms with Crippen LogP contribution in [-0.4, -0.2) is 15.0 Å². The molecule has 5 heteroatoms. The quantitative estimate of drug-likeness (QED) is 0.784. The van der Waals surface area contributed by atoms with Gasteiger partial charge in [0, 0.05) is 6.20 Å². The highest BCUT2D eigenvalue weighted by molar-refractivity contribution is 5.78. The number of aromatic amines is 2. The zero-order valence-corrected chi connectivity index (χ0v) is 11.5. The van der Waals surface area contributed by atoms with Gasteiger partial charge in [0.05, 0.1) is 0 Å². The van der Waals surface area contributed by atoms with Crippen LogP contribution in [0.5, 0.6) is 0 Å². The van der Waals surface area contributed by atoms with Gasteiger partial charge in [-0.15, -0.1) is 0 Å². The van der Waals surface area contributed by atoms with Gasteiger partial charge in [-0.3, -0.25) is 9.78 Å². The van der Waals surface area contributed by atoms with Gasteiger partial charge in [-0.2, -0.15) is 0 Å². The molecule has 2 aromatic rings. The smallest absolute Gasteiger partial charge is 0.276 e. The molecule has 0 atom stereocenters. The minimum Gasteiger partial charge on any atom is -0.369 e. The van der Waals surface area contributed by atoms with Gasteiger partial charge in [0.1, 0.15) is 11.0 Å². The summed E-state index contributed by atoms with van der Waals surface area (Å²) in [6, 6.07) is 0. The normalized spacial score (nSPS) is 29.1. The Bertz CT molecular complexity index is 692. The fourth-order valence-electron chi connectivity index (χ4n) is 4.23. The summed E-state index contributed by atoms with van der Waals surface area (Å²) in [6.07, 6.45) is 11.1. The molecule has 0 aliphatic heterocycles. The lowest BCUT2D eigenvalue weighted by Gasteiger charge is -2.46. The molecule has 0 aromatic carbocycles. The first-order chi connectivity index (χ1) is 9.65. The van der Waals surface area contributed by atoms with Crippen molar-refractivity contribution >= 4 is 17.0 Å². The molecule has 0 amide bonds. The second kappa shape index (κ2) is 4.11. The number of fused-ring (bicyclic) bond motifs is 4. The van der Waals surface area contributed by atoms with Crippen LogP contribution in [0.2, 0.25) is 0 Å². The first-order valence-corrected chi connectivity index (χ1v) is 7.51. The van der Waals surface area contributed by atoms with Crippen molar-refractivity contribution in [1.82, 2.24) is 15.0 Å². The molecule has 3 aliphatic carbocycles. The van der Waals surface area contributed by atoms with E-state index in [0.717, 1.165) is 23.4 Å². The first-order valence-electron chi connectivity index (χ1n) is 7.51. The second-order valence-electron chi connectivity index (χ2n) is 6.65. The topological polar surface area (TPSA) is 87.6 Å². The van der Waals surface area contributed by atoms with E-state index in [2.05, 4.69) is 15.0 Å². The summed E-state index contributed by atoms with van der Waals surface area (Å²) in [5, 5.41) is 0. The Hall–Kier alpha value is -1.78. The highest BCUT2D eigenvalue weighted by Crippen LogP contribution is 2.52. The maximum absolute atomic E-state index is 11.9. The highest BCUT2D eigenvalue weighted by atomic mass is 16.1. The molecule has 5 rings (SSSR count).